The first-order valence-corrected chi connectivity index (χ1v) is 11.0. The summed E-state index contributed by atoms with van der Waals surface area (Å²) >= 11 is 0. The van der Waals surface area contributed by atoms with Gasteiger partial charge in [0.2, 0.25) is 0 Å². The van der Waals surface area contributed by atoms with Crippen LogP contribution in [0.3, 0.4) is 0 Å². The minimum atomic E-state index is 0.0645. The summed E-state index contributed by atoms with van der Waals surface area (Å²) in [5.74, 6) is 0.0645. The Morgan fingerprint density at radius 2 is 1.78 bits per heavy atom. The molecule has 1 fully saturated rings. The molecule has 1 saturated heterocycles. The van der Waals surface area contributed by atoms with Crippen molar-refractivity contribution in [1.29, 1.82) is 0 Å². The summed E-state index contributed by atoms with van der Waals surface area (Å²) in [5, 5.41) is 0.893. The number of pyridine rings is 2. The average molecular weight is 423 g/mol. The number of fused-ring (bicyclic) bond motifs is 1. The van der Waals surface area contributed by atoms with E-state index in [1.54, 1.807) is 12.4 Å². The molecule has 4 aromatic rings. The number of carbonyl (C=O) groups excluding carboxylic acids is 1. The first kappa shape index (κ1) is 20.2. The molecule has 2 aromatic heterocycles. The third-order valence-corrected chi connectivity index (χ3v) is 6.17. The Morgan fingerprint density at radius 3 is 2.56 bits per heavy atom. The number of nitrogens with zero attached hydrogens (tertiary/aromatic N) is 4. The Balaban J connectivity index is 1.46. The van der Waals surface area contributed by atoms with E-state index in [0.29, 0.717) is 18.7 Å². The summed E-state index contributed by atoms with van der Waals surface area (Å²) in [6.07, 6.45) is 3.50. The molecule has 0 N–H and O–H groups in total. The summed E-state index contributed by atoms with van der Waals surface area (Å²) in [4.78, 5) is 27.0. The molecule has 1 atom stereocenters. The maximum Gasteiger partial charge on any atom is 0.254 e. The Kier molecular flexibility index (Phi) is 5.31. The SMILES string of the molecule is Cc1cccc(N2CCN(C(=O)c3cc(-c4ccncc4)nc4ccccc34)CC2C)c1. The summed E-state index contributed by atoms with van der Waals surface area (Å²) in [6, 6.07) is 22.5. The quantitative estimate of drug-likeness (QED) is 0.468. The minimum Gasteiger partial charge on any atom is -0.365 e. The van der Waals surface area contributed by atoms with E-state index in [4.69, 9.17) is 4.98 Å². The fourth-order valence-electron chi connectivity index (χ4n) is 4.53. The maximum absolute atomic E-state index is 13.7. The summed E-state index contributed by atoms with van der Waals surface area (Å²) in [7, 11) is 0. The van der Waals surface area contributed by atoms with Crippen LogP contribution in [0.4, 0.5) is 5.69 Å². The van der Waals surface area contributed by atoms with Crippen molar-refractivity contribution in [2.75, 3.05) is 24.5 Å². The zero-order chi connectivity index (χ0) is 22.1. The van der Waals surface area contributed by atoms with Crippen LogP contribution in [0.25, 0.3) is 22.2 Å². The van der Waals surface area contributed by atoms with Crippen molar-refractivity contribution in [1.82, 2.24) is 14.9 Å². The molecule has 1 unspecified atom stereocenters. The van der Waals surface area contributed by atoms with Crippen molar-refractivity contribution in [3.63, 3.8) is 0 Å². The molecular weight excluding hydrogens is 396 g/mol. The van der Waals surface area contributed by atoms with Gasteiger partial charge in [-0.2, -0.15) is 0 Å². The van der Waals surface area contributed by atoms with Crippen LogP contribution < -0.4 is 4.90 Å². The van der Waals surface area contributed by atoms with E-state index < -0.39 is 0 Å². The molecule has 1 amide bonds. The first-order valence-electron chi connectivity index (χ1n) is 11.0. The monoisotopic (exact) mass is 422 g/mol. The number of hydrogen-bond donors (Lipinski definition) is 0. The van der Waals surface area contributed by atoms with Crippen molar-refractivity contribution in [3.05, 3.63) is 90.3 Å². The zero-order valence-electron chi connectivity index (χ0n) is 18.4. The number of rotatable bonds is 3. The van der Waals surface area contributed by atoms with Crippen molar-refractivity contribution < 1.29 is 4.79 Å². The predicted molar refractivity (Wildman–Crippen MR) is 129 cm³/mol. The third kappa shape index (κ3) is 3.82. The largest absolute Gasteiger partial charge is 0.365 e. The molecule has 1 aliphatic heterocycles. The van der Waals surface area contributed by atoms with Gasteiger partial charge in [-0.25, -0.2) is 4.98 Å². The molecule has 0 aliphatic carbocycles. The van der Waals surface area contributed by atoms with Crippen LogP contribution >= 0.6 is 0 Å². The number of hydrogen-bond acceptors (Lipinski definition) is 4. The van der Waals surface area contributed by atoms with Crippen molar-refractivity contribution >= 4 is 22.5 Å². The Morgan fingerprint density at radius 1 is 0.969 bits per heavy atom. The van der Waals surface area contributed by atoms with E-state index >= 15 is 0 Å². The van der Waals surface area contributed by atoms with E-state index in [9.17, 15) is 4.79 Å². The molecule has 32 heavy (non-hydrogen) atoms. The second-order valence-corrected chi connectivity index (χ2v) is 8.44. The molecular formula is C27H26N4O. The lowest BCUT2D eigenvalue weighted by atomic mass is 10.0. The fraction of sp³-hybridized carbons (Fsp3) is 0.222. The molecule has 5 rings (SSSR count). The number of benzene rings is 2. The number of aromatic nitrogens is 2. The lowest BCUT2D eigenvalue weighted by Crippen LogP contribution is -2.53. The second kappa shape index (κ2) is 8.42. The lowest BCUT2D eigenvalue weighted by Gasteiger charge is -2.41. The van der Waals surface area contributed by atoms with Gasteiger partial charge in [-0.15, -0.1) is 0 Å². The zero-order valence-corrected chi connectivity index (χ0v) is 18.4. The molecule has 0 bridgehead atoms. The molecule has 5 heteroatoms. The van der Waals surface area contributed by atoms with Gasteiger partial charge >= 0.3 is 0 Å². The molecule has 0 spiro atoms. The average Bonchev–Trinajstić information content (AvgIpc) is 2.83. The Bertz CT molecular complexity index is 1270. The third-order valence-electron chi connectivity index (χ3n) is 6.17. The number of carbonyl (C=O) groups is 1. The Hall–Kier alpha value is -3.73. The van der Waals surface area contributed by atoms with Crippen LogP contribution in [0.2, 0.25) is 0 Å². The molecule has 1 aliphatic rings. The molecule has 3 heterocycles. The number of aryl methyl sites for hydroxylation is 1. The normalized spacial score (nSPS) is 16.4. The lowest BCUT2D eigenvalue weighted by molar-refractivity contribution is 0.0728. The van der Waals surface area contributed by atoms with Gasteiger partial charge in [0.15, 0.2) is 0 Å². The standard InChI is InChI=1S/C27H26N4O/c1-19-6-5-7-22(16-19)31-15-14-30(18-20(31)2)27(32)24-17-26(21-10-12-28-13-11-21)29-25-9-4-3-8-23(24)25/h3-13,16-17,20H,14-15,18H2,1-2H3. The second-order valence-electron chi connectivity index (χ2n) is 8.44. The van der Waals surface area contributed by atoms with Crippen LogP contribution in [-0.2, 0) is 0 Å². The molecule has 160 valence electrons. The van der Waals surface area contributed by atoms with Crippen LogP contribution in [0.1, 0.15) is 22.8 Å². The number of piperazine rings is 1. The highest BCUT2D eigenvalue weighted by molar-refractivity contribution is 6.07. The van der Waals surface area contributed by atoms with Gasteiger partial charge in [-0.1, -0.05) is 30.3 Å². The topological polar surface area (TPSA) is 49.3 Å². The van der Waals surface area contributed by atoms with Gasteiger partial charge in [0, 0.05) is 54.7 Å². The van der Waals surface area contributed by atoms with Crippen molar-refractivity contribution in [2.24, 2.45) is 0 Å². The molecule has 2 aromatic carbocycles. The minimum absolute atomic E-state index is 0.0645. The maximum atomic E-state index is 13.7. The van der Waals surface area contributed by atoms with E-state index in [2.05, 4.69) is 48.0 Å². The van der Waals surface area contributed by atoms with Gasteiger partial charge in [0.1, 0.15) is 0 Å². The van der Waals surface area contributed by atoms with E-state index in [-0.39, 0.29) is 11.9 Å². The first-order chi connectivity index (χ1) is 15.6. The molecule has 0 radical (unpaired) electrons. The number of anilines is 1. The van der Waals surface area contributed by atoms with Crippen molar-refractivity contribution in [3.8, 4) is 11.3 Å². The summed E-state index contributed by atoms with van der Waals surface area (Å²) in [5.41, 5.74) is 5.76. The van der Waals surface area contributed by atoms with Crippen LogP contribution in [0, 0.1) is 6.92 Å². The van der Waals surface area contributed by atoms with E-state index in [0.717, 1.165) is 28.7 Å². The Labute approximate surface area is 188 Å². The summed E-state index contributed by atoms with van der Waals surface area (Å²) in [6.45, 7) is 6.50. The van der Waals surface area contributed by atoms with Gasteiger partial charge in [-0.3, -0.25) is 9.78 Å². The van der Waals surface area contributed by atoms with Crippen LogP contribution in [0.5, 0.6) is 0 Å². The predicted octanol–water partition coefficient (Wildman–Crippen LogP) is 4.96. The highest BCUT2D eigenvalue weighted by Crippen LogP contribution is 2.27. The van der Waals surface area contributed by atoms with Gasteiger partial charge < -0.3 is 9.80 Å². The number of para-hydroxylation sites is 1. The van der Waals surface area contributed by atoms with E-state index in [1.807, 2.05) is 47.4 Å². The number of amides is 1. The van der Waals surface area contributed by atoms with Gasteiger partial charge in [-0.05, 0) is 55.8 Å². The van der Waals surface area contributed by atoms with Gasteiger partial charge in [0.25, 0.3) is 5.91 Å². The fourth-order valence-corrected chi connectivity index (χ4v) is 4.53. The smallest absolute Gasteiger partial charge is 0.254 e. The molecule has 5 nitrogen and oxygen atoms in total. The van der Waals surface area contributed by atoms with E-state index in [1.165, 1.54) is 11.3 Å². The van der Waals surface area contributed by atoms with Crippen LogP contribution in [-0.4, -0.2) is 46.5 Å². The summed E-state index contributed by atoms with van der Waals surface area (Å²) < 4.78 is 0. The van der Waals surface area contributed by atoms with Crippen molar-refractivity contribution in [2.45, 2.75) is 19.9 Å². The highest BCUT2D eigenvalue weighted by atomic mass is 16.2. The molecule has 0 saturated carbocycles. The van der Waals surface area contributed by atoms with Gasteiger partial charge in [0.05, 0.1) is 16.8 Å². The highest BCUT2D eigenvalue weighted by Gasteiger charge is 2.28. The van der Waals surface area contributed by atoms with Crippen LogP contribution in [0.15, 0.2) is 79.1 Å².